The van der Waals surface area contributed by atoms with Crippen LogP contribution in [0.3, 0.4) is 0 Å². The lowest BCUT2D eigenvalue weighted by molar-refractivity contribution is -0.140. The van der Waals surface area contributed by atoms with Crippen LogP contribution in [0, 0.1) is 0 Å². The topological polar surface area (TPSA) is 29.5 Å². The molecule has 3 rings (SSSR count). The van der Waals surface area contributed by atoms with Crippen LogP contribution in [0.5, 0.6) is 0 Å². The number of ether oxygens (including phenoxy) is 1. The lowest BCUT2D eigenvalue weighted by Gasteiger charge is -2.38. The molecule has 2 aromatic carbocycles. The Morgan fingerprint density at radius 3 is 2.80 bits per heavy atom. The van der Waals surface area contributed by atoms with E-state index in [2.05, 4.69) is 36.9 Å². The predicted molar refractivity (Wildman–Crippen MR) is 79.3 cm³/mol. The zero-order valence-electron chi connectivity index (χ0n) is 11.3. The number of hydrogen-bond donors (Lipinski definition) is 0. The number of carbonyl (C=O) groups excluding carboxylic acids is 1. The molecule has 0 bridgehead atoms. The van der Waals surface area contributed by atoms with Gasteiger partial charge in [0.2, 0.25) is 5.91 Å². The number of carbonyl (C=O) groups is 1. The van der Waals surface area contributed by atoms with E-state index in [1.54, 1.807) is 4.90 Å². The van der Waals surface area contributed by atoms with Crippen molar-refractivity contribution in [1.82, 2.24) is 4.90 Å². The maximum atomic E-state index is 11.3. The highest BCUT2D eigenvalue weighted by atomic mass is 16.5. The van der Waals surface area contributed by atoms with Crippen molar-refractivity contribution in [1.29, 1.82) is 0 Å². The molecule has 0 N–H and O–H groups in total. The summed E-state index contributed by atoms with van der Waals surface area (Å²) in [4.78, 5) is 13.1. The van der Waals surface area contributed by atoms with Gasteiger partial charge in [-0.1, -0.05) is 49.0 Å². The second kappa shape index (κ2) is 5.47. The quantitative estimate of drug-likeness (QED) is 0.797. The molecule has 0 radical (unpaired) electrons. The first-order chi connectivity index (χ1) is 9.78. The van der Waals surface area contributed by atoms with Crippen LogP contribution in [0.2, 0.25) is 0 Å². The minimum Gasteiger partial charge on any atom is -0.370 e. The van der Waals surface area contributed by atoms with Crippen LogP contribution in [-0.4, -0.2) is 30.0 Å². The molecule has 0 aliphatic carbocycles. The fourth-order valence-electron chi connectivity index (χ4n) is 2.48. The van der Waals surface area contributed by atoms with E-state index in [-0.39, 0.29) is 12.0 Å². The molecule has 1 amide bonds. The van der Waals surface area contributed by atoms with Gasteiger partial charge in [-0.05, 0) is 22.4 Å². The Morgan fingerprint density at radius 1 is 1.25 bits per heavy atom. The van der Waals surface area contributed by atoms with Gasteiger partial charge in [-0.15, -0.1) is 0 Å². The number of benzene rings is 2. The minimum absolute atomic E-state index is 0.0185. The van der Waals surface area contributed by atoms with Crippen LogP contribution in [-0.2, 0) is 16.1 Å². The van der Waals surface area contributed by atoms with Crippen LogP contribution in [0.4, 0.5) is 0 Å². The standard InChI is InChI=1S/C17H17NO2/c1-2-17(19)18-10-15(11-18)20-12-14-8-5-7-13-6-3-4-9-16(13)14/h2-9,15H,1,10-12H2. The molecule has 20 heavy (non-hydrogen) atoms. The van der Waals surface area contributed by atoms with Crippen LogP contribution in [0.1, 0.15) is 5.56 Å². The summed E-state index contributed by atoms with van der Waals surface area (Å²) in [5.74, 6) is -0.0185. The fraction of sp³-hybridized carbons (Fsp3) is 0.235. The second-order valence-corrected chi connectivity index (χ2v) is 5.02. The minimum atomic E-state index is -0.0185. The van der Waals surface area contributed by atoms with Crippen molar-refractivity contribution in [2.75, 3.05) is 13.1 Å². The highest BCUT2D eigenvalue weighted by Crippen LogP contribution is 2.21. The van der Waals surface area contributed by atoms with Gasteiger partial charge in [0.15, 0.2) is 0 Å². The average molecular weight is 267 g/mol. The molecular formula is C17H17NO2. The Hall–Kier alpha value is -2.13. The van der Waals surface area contributed by atoms with Gasteiger partial charge in [-0.25, -0.2) is 0 Å². The van der Waals surface area contributed by atoms with Crippen molar-refractivity contribution in [3.63, 3.8) is 0 Å². The van der Waals surface area contributed by atoms with E-state index in [1.807, 2.05) is 12.1 Å². The summed E-state index contributed by atoms with van der Waals surface area (Å²) in [5, 5.41) is 2.46. The van der Waals surface area contributed by atoms with Crippen LogP contribution in [0.25, 0.3) is 10.8 Å². The van der Waals surface area contributed by atoms with E-state index in [4.69, 9.17) is 4.74 Å². The third-order valence-electron chi connectivity index (χ3n) is 3.69. The summed E-state index contributed by atoms with van der Waals surface area (Å²) in [5.41, 5.74) is 1.19. The Labute approximate surface area is 118 Å². The van der Waals surface area contributed by atoms with Gasteiger partial charge < -0.3 is 9.64 Å². The van der Waals surface area contributed by atoms with Gasteiger partial charge >= 0.3 is 0 Å². The summed E-state index contributed by atoms with van der Waals surface area (Å²) < 4.78 is 5.87. The van der Waals surface area contributed by atoms with Gasteiger partial charge in [0.25, 0.3) is 0 Å². The summed E-state index contributed by atoms with van der Waals surface area (Å²) in [6.45, 7) is 5.39. The monoisotopic (exact) mass is 267 g/mol. The summed E-state index contributed by atoms with van der Waals surface area (Å²) >= 11 is 0. The number of amides is 1. The Balaban J connectivity index is 1.62. The van der Waals surface area contributed by atoms with Crippen molar-refractivity contribution in [2.45, 2.75) is 12.7 Å². The summed E-state index contributed by atoms with van der Waals surface area (Å²) in [6, 6.07) is 14.5. The van der Waals surface area contributed by atoms with E-state index in [0.29, 0.717) is 19.7 Å². The first-order valence-corrected chi connectivity index (χ1v) is 6.77. The third-order valence-corrected chi connectivity index (χ3v) is 3.69. The third kappa shape index (κ3) is 2.45. The average Bonchev–Trinajstić information content (AvgIpc) is 2.45. The van der Waals surface area contributed by atoms with Crippen molar-refractivity contribution in [3.8, 4) is 0 Å². The fourth-order valence-corrected chi connectivity index (χ4v) is 2.48. The molecule has 1 fully saturated rings. The highest BCUT2D eigenvalue weighted by Gasteiger charge is 2.29. The maximum Gasteiger partial charge on any atom is 0.246 e. The van der Waals surface area contributed by atoms with Crippen LogP contribution >= 0.6 is 0 Å². The first kappa shape index (κ1) is 12.9. The molecule has 1 heterocycles. The van der Waals surface area contributed by atoms with Crippen LogP contribution in [0.15, 0.2) is 55.1 Å². The molecule has 0 atom stereocenters. The second-order valence-electron chi connectivity index (χ2n) is 5.02. The van der Waals surface area contributed by atoms with Crippen molar-refractivity contribution < 1.29 is 9.53 Å². The van der Waals surface area contributed by atoms with Gasteiger partial charge in [0, 0.05) is 13.1 Å². The first-order valence-electron chi connectivity index (χ1n) is 6.77. The molecule has 3 heteroatoms. The molecular weight excluding hydrogens is 250 g/mol. The smallest absolute Gasteiger partial charge is 0.246 e. The maximum absolute atomic E-state index is 11.3. The van der Waals surface area contributed by atoms with E-state index >= 15 is 0 Å². The molecule has 2 aromatic rings. The lowest BCUT2D eigenvalue weighted by Crippen LogP contribution is -2.54. The normalized spacial score (nSPS) is 15.1. The Morgan fingerprint density at radius 2 is 2.00 bits per heavy atom. The van der Waals surface area contributed by atoms with Crippen molar-refractivity contribution >= 4 is 16.7 Å². The summed E-state index contributed by atoms with van der Waals surface area (Å²) in [7, 11) is 0. The number of nitrogens with zero attached hydrogens (tertiary/aromatic N) is 1. The Kier molecular flexibility index (Phi) is 3.52. The zero-order chi connectivity index (χ0) is 13.9. The molecule has 0 unspecified atom stereocenters. The molecule has 3 nitrogen and oxygen atoms in total. The molecule has 102 valence electrons. The molecule has 0 spiro atoms. The summed E-state index contributed by atoms with van der Waals surface area (Å²) in [6.07, 6.45) is 1.49. The molecule has 0 saturated carbocycles. The molecule has 1 saturated heterocycles. The van der Waals surface area contributed by atoms with E-state index in [0.717, 1.165) is 0 Å². The lowest BCUT2D eigenvalue weighted by atomic mass is 10.1. The Bertz CT molecular complexity index is 639. The van der Waals surface area contributed by atoms with E-state index in [1.165, 1.54) is 22.4 Å². The molecule has 1 aliphatic heterocycles. The van der Waals surface area contributed by atoms with Gasteiger partial charge in [0.05, 0.1) is 12.7 Å². The van der Waals surface area contributed by atoms with Gasteiger partial charge in [-0.2, -0.15) is 0 Å². The number of likely N-dealkylation sites (tertiary alicyclic amines) is 1. The molecule has 1 aliphatic rings. The van der Waals surface area contributed by atoms with Gasteiger partial charge in [0.1, 0.15) is 0 Å². The number of fused-ring (bicyclic) bond motifs is 1. The predicted octanol–water partition coefficient (Wildman–Crippen LogP) is 2.75. The SMILES string of the molecule is C=CC(=O)N1CC(OCc2cccc3ccccc23)C1. The molecule has 0 aromatic heterocycles. The highest BCUT2D eigenvalue weighted by molar-refractivity contribution is 5.87. The van der Waals surface area contributed by atoms with Crippen molar-refractivity contribution in [2.24, 2.45) is 0 Å². The number of hydrogen-bond acceptors (Lipinski definition) is 2. The van der Waals surface area contributed by atoms with E-state index in [9.17, 15) is 4.79 Å². The van der Waals surface area contributed by atoms with E-state index < -0.39 is 0 Å². The van der Waals surface area contributed by atoms with Crippen LogP contribution < -0.4 is 0 Å². The van der Waals surface area contributed by atoms with Gasteiger partial charge in [-0.3, -0.25) is 4.79 Å². The zero-order valence-corrected chi connectivity index (χ0v) is 11.3. The number of rotatable bonds is 4. The largest absolute Gasteiger partial charge is 0.370 e. The van der Waals surface area contributed by atoms with Crippen molar-refractivity contribution in [3.05, 3.63) is 60.7 Å².